The second-order valence-corrected chi connectivity index (χ2v) is 8.07. The molecule has 1 aromatic rings. The van der Waals surface area contributed by atoms with Crippen molar-refractivity contribution in [3.05, 3.63) is 29.8 Å². The van der Waals surface area contributed by atoms with E-state index in [0.717, 1.165) is 43.7 Å². The third-order valence-corrected chi connectivity index (χ3v) is 5.70. The van der Waals surface area contributed by atoms with Gasteiger partial charge in [-0.2, -0.15) is 0 Å². The largest absolute Gasteiger partial charge is 0.482 e. The van der Waals surface area contributed by atoms with Crippen LogP contribution in [0.1, 0.15) is 43.0 Å². The zero-order chi connectivity index (χ0) is 22.9. The van der Waals surface area contributed by atoms with E-state index in [1.807, 2.05) is 11.8 Å². The van der Waals surface area contributed by atoms with E-state index in [-0.39, 0.29) is 62.3 Å². The van der Waals surface area contributed by atoms with Crippen LogP contribution in [0, 0.1) is 0 Å². The third kappa shape index (κ3) is 7.80. The van der Waals surface area contributed by atoms with Gasteiger partial charge in [-0.15, -0.1) is 12.4 Å². The molecule has 2 aliphatic rings. The Hall–Kier alpha value is -2.49. The molecule has 3 rings (SSSR count). The first kappa shape index (κ1) is 26.8. The molecular formula is C23H32ClN3O6. The first-order chi connectivity index (χ1) is 15.5. The summed E-state index contributed by atoms with van der Waals surface area (Å²) < 4.78 is 10.4. The Morgan fingerprint density at radius 2 is 1.70 bits per heavy atom. The number of piperidine rings is 1. The zero-order valence-corrected chi connectivity index (χ0v) is 19.7. The van der Waals surface area contributed by atoms with Crippen LogP contribution >= 0.6 is 12.4 Å². The van der Waals surface area contributed by atoms with Crippen molar-refractivity contribution in [1.29, 1.82) is 0 Å². The van der Waals surface area contributed by atoms with Gasteiger partial charge in [-0.25, -0.2) is 4.79 Å². The first-order valence-corrected chi connectivity index (χ1v) is 11.2. The maximum atomic E-state index is 12.6. The van der Waals surface area contributed by atoms with Crippen molar-refractivity contribution < 1.29 is 28.7 Å². The second-order valence-electron chi connectivity index (χ2n) is 8.07. The standard InChI is InChI=1S/C23H31N3O6.ClH/c1-2-3-12-31-23(30)16-32-19-6-4-17(5-7-19)20(27)13-26-21(28)14-25(15-22(26)29)18-8-10-24-11-9-18;/h4-7,18,24H,2-3,8-16H2,1H3;1H. The lowest BCUT2D eigenvalue weighted by molar-refractivity contribution is -0.152. The number of halogens is 1. The molecule has 0 unspecified atom stereocenters. The van der Waals surface area contributed by atoms with Gasteiger partial charge < -0.3 is 14.8 Å². The fourth-order valence-corrected chi connectivity index (χ4v) is 3.81. The van der Waals surface area contributed by atoms with E-state index in [1.54, 1.807) is 24.3 Å². The van der Waals surface area contributed by atoms with E-state index in [1.165, 1.54) is 0 Å². The summed E-state index contributed by atoms with van der Waals surface area (Å²) in [6, 6.07) is 6.48. The number of nitrogens with one attached hydrogen (secondary N) is 1. The van der Waals surface area contributed by atoms with E-state index in [2.05, 4.69) is 5.32 Å². The van der Waals surface area contributed by atoms with Crippen LogP contribution in [0.3, 0.4) is 0 Å². The van der Waals surface area contributed by atoms with Crippen LogP contribution in [0.4, 0.5) is 0 Å². The lowest BCUT2D eigenvalue weighted by Crippen LogP contribution is -2.58. The van der Waals surface area contributed by atoms with Crippen LogP contribution in [-0.2, 0) is 19.1 Å². The normalized spacial score (nSPS) is 17.4. The minimum Gasteiger partial charge on any atom is -0.482 e. The highest BCUT2D eigenvalue weighted by Gasteiger charge is 2.35. The molecule has 1 aromatic carbocycles. The number of ketones is 1. The molecule has 2 saturated heterocycles. The highest BCUT2D eigenvalue weighted by Crippen LogP contribution is 2.17. The zero-order valence-electron chi connectivity index (χ0n) is 18.9. The minimum absolute atomic E-state index is 0. The number of benzene rings is 1. The van der Waals surface area contributed by atoms with Gasteiger partial charge in [0.1, 0.15) is 5.75 Å². The third-order valence-electron chi connectivity index (χ3n) is 5.70. The molecule has 0 aromatic heterocycles. The molecule has 2 fully saturated rings. The van der Waals surface area contributed by atoms with Crippen LogP contribution in [0.25, 0.3) is 0 Å². The summed E-state index contributed by atoms with van der Waals surface area (Å²) in [6.45, 7) is 3.97. The number of esters is 1. The van der Waals surface area contributed by atoms with Gasteiger partial charge in [-0.3, -0.25) is 24.2 Å². The molecule has 9 nitrogen and oxygen atoms in total. The fraction of sp³-hybridized carbons (Fsp3) is 0.565. The molecule has 2 amide bonds. The molecule has 10 heteroatoms. The number of piperazine rings is 1. The van der Waals surface area contributed by atoms with Gasteiger partial charge in [0.25, 0.3) is 0 Å². The summed E-state index contributed by atoms with van der Waals surface area (Å²) in [4.78, 5) is 52.3. The lowest BCUT2D eigenvalue weighted by atomic mass is 10.0. The number of Topliss-reactive ketones (excluding diaryl/α,β-unsaturated/α-hetero) is 1. The molecule has 2 aliphatic heterocycles. The van der Waals surface area contributed by atoms with Crippen LogP contribution in [0.5, 0.6) is 5.75 Å². The van der Waals surface area contributed by atoms with Gasteiger partial charge in [-0.1, -0.05) is 13.3 Å². The second kappa shape index (κ2) is 13.3. The van der Waals surface area contributed by atoms with Crippen molar-refractivity contribution in [1.82, 2.24) is 15.1 Å². The molecule has 182 valence electrons. The van der Waals surface area contributed by atoms with Gasteiger partial charge >= 0.3 is 5.97 Å². The average Bonchev–Trinajstić information content (AvgIpc) is 2.81. The van der Waals surface area contributed by atoms with E-state index < -0.39 is 5.97 Å². The van der Waals surface area contributed by atoms with Crippen molar-refractivity contribution >= 4 is 36.0 Å². The van der Waals surface area contributed by atoms with Gasteiger partial charge in [0, 0.05) is 11.6 Å². The van der Waals surface area contributed by atoms with Crippen LogP contribution in [-0.4, -0.2) is 85.3 Å². The molecule has 0 spiro atoms. The molecule has 0 radical (unpaired) electrons. The maximum Gasteiger partial charge on any atom is 0.344 e. The number of carbonyl (C=O) groups excluding carboxylic acids is 4. The highest BCUT2D eigenvalue weighted by atomic mass is 35.5. The van der Waals surface area contributed by atoms with Crippen molar-refractivity contribution in [2.24, 2.45) is 0 Å². The molecule has 33 heavy (non-hydrogen) atoms. The molecule has 0 saturated carbocycles. The minimum atomic E-state index is -0.445. The Labute approximate surface area is 200 Å². The molecule has 0 aliphatic carbocycles. The summed E-state index contributed by atoms with van der Waals surface area (Å²) in [7, 11) is 0. The summed E-state index contributed by atoms with van der Waals surface area (Å²) in [5, 5.41) is 3.27. The number of rotatable bonds is 10. The molecule has 1 N–H and O–H groups in total. The fourth-order valence-electron chi connectivity index (χ4n) is 3.81. The van der Waals surface area contributed by atoms with Crippen molar-refractivity contribution in [3.63, 3.8) is 0 Å². The van der Waals surface area contributed by atoms with Crippen molar-refractivity contribution in [2.75, 3.05) is 45.9 Å². The number of carbonyl (C=O) groups is 4. The molecular weight excluding hydrogens is 450 g/mol. The number of imide groups is 1. The van der Waals surface area contributed by atoms with Crippen LogP contribution in [0.15, 0.2) is 24.3 Å². The number of hydrogen-bond donors (Lipinski definition) is 1. The molecule has 2 heterocycles. The predicted molar refractivity (Wildman–Crippen MR) is 124 cm³/mol. The topological polar surface area (TPSA) is 105 Å². The van der Waals surface area contributed by atoms with Gasteiger partial charge in [0.2, 0.25) is 11.8 Å². The van der Waals surface area contributed by atoms with Crippen LogP contribution < -0.4 is 10.1 Å². The van der Waals surface area contributed by atoms with E-state index >= 15 is 0 Å². The average molecular weight is 482 g/mol. The monoisotopic (exact) mass is 481 g/mol. The van der Waals surface area contributed by atoms with E-state index in [0.29, 0.717) is 17.9 Å². The van der Waals surface area contributed by atoms with Gasteiger partial charge in [-0.05, 0) is 56.6 Å². The lowest BCUT2D eigenvalue weighted by Gasteiger charge is -2.38. The number of nitrogens with zero attached hydrogens (tertiary/aromatic N) is 2. The van der Waals surface area contributed by atoms with Crippen molar-refractivity contribution in [2.45, 2.75) is 38.6 Å². The first-order valence-electron chi connectivity index (χ1n) is 11.2. The SMILES string of the molecule is CCCCOC(=O)COc1ccc(C(=O)CN2C(=O)CN(C3CCNCC3)CC2=O)cc1.Cl. The quantitative estimate of drug-likeness (QED) is 0.231. The Kier molecular flexibility index (Phi) is 10.8. The Balaban J connectivity index is 0.00000385. The number of unbranched alkanes of at least 4 members (excludes halogenated alkanes) is 1. The Bertz CT molecular complexity index is 808. The highest BCUT2D eigenvalue weighted by molar-refractivity contribution is 6.06. The summed E-state index contributed by atoms with van der Waals surface area (Å²) in [5.41, 5.74) is 0.365. The summed E-state index contributed by atoms with van der Waals surface area (Å²) in [6.07, 6.45) is 3.56. The summed E-state index contributed by atoms with van der Waals surface area (Å²) >= 11 is 0. The maximum absolute atomic E-state index is 12.6. The molecule has 0 atom stereocenters. The molecule has 0 bridgehead atoms. The van der Waals surface area contributed by atoms with E-state index in [4.69, 9.17) is 9.47 Å². The number of hydrogen-bond acceptors (Lipinski definition) is 8. The van der Waals surface area contributed by atoms with Crippen LogP contribution in [0.2, 0.25) is 0 Å². The predicted octanol–water partition coefficient (Wildman–Crippen LogP) is 1.44. The smallest absolute Gasteiger partial charge is 0.344 e. The van der Waals surface area contributed by atoms with E-state index in [9.17, 15) is 19.2 Å². The Morgan fingerprint density at radius 3 is 2.30 bits per heavy atom. The van der Waals surface area contributed by atoms with Gasteiger partial charge in [0.05, 0.1) is 26.2 Å². The van der Waals surface area contributed by atoms with Crippen molar-refractivity contribution in [3.8, 4) is 5.75 Å². The number of ether oxygens (including phenoxy) is 2. The van der Waals surface area contributed by atoms with Gasteiger partial charge in [0.15, 0.2) is 12.4 Å². The number of amides is 2. The summed E-state index contributed by atoms with van der Waals surface area (Å²) in [5.74, 6) is -1.02. The Morgan fingerprint density at radius 1 is 1.06 bits per heavy atom.